The summed E-state index contributed by atoms with van der Waals surface area (Å²) in [6.07, 6.45) is 1.79. The van der Waals surface area contributed by atoms with Crippen molar-refractivity contribution in [2.24, 2.45) is 5.92 Å². The lowest BCUT2D eigenvalue weighted by atomic mass is 10.00. The van der Waals surface area contributed by atoms with Crippen LogP contribution in [0.1, 0.15) is 40.1 Å². The maximum atomic E-state index is 12.6. The van der Waals surface area contributed by atoms with E-state index >= 15 is 0 Å². The molecule has 0 aliphatic carbocycles. The van der Waals surface area contributed by atoms with Crippen molar-refractivity contribution in [3.05, 3.63) is 70.4 Å². The summed E-state index contributed by atoms with van der Waals surface area (Å²) in [6.45, 7) is 4.17. The molecule has 2 aromatic carbocycles. The Bertz CT molecular complexity index is 972. The Morgan fingerprint density at radius 1 is 1.16 bits per heavy atom. The van der Waals surface area contributed by atoms with Crippen LogP contribution in [-0.4, -0.2) is 21.4 Å². The van der Waals surface area contributed by atoms with E-state index in [4.69, 9.17) is 11.6 Å². The Morgan fingerprint density at radius 2 is 1.88 bits per heavy atom. The predicted octanol–water partition coefficient (Wildman–Crippen LogP) is 4.88. The van der Waals surface area contributed by atoms with Gasteiger partial charge in [-0.25, -0.2) is 4.79 Å². The van der Waals surface area contributed by atoms with E-state index in [0.29, 0.717) is 22.6 Å². The number of nitrogens with zero attached hydrogens (tertiary/aromatic N) is 1. The van der Waals surface area contributed by atoms with Crippen molar-refractivity contribution in [2.75, 3.05) is 0 Å². The minimum absolute atomic E-state index is 0.0333. The summed E-state index contributed by atoms with van der Waals surface area (Å²) in [7, 11) is 0. The Balaban J connectivity index is 2.19. The molecule has 0 bridgehead atoms. The van der Waals surface area contributed by atoms with Crippen molar-refractivity contribution in [1.29, 1.82) is 0 Å². The largest absolute Gasteiger partial charge is 0.478 e. The molecular formula is C20H18ClNO3. The van der Waals surface area contributed by atoms with Crippen molar-refractivity contribution < 1.29 is 14.7 Å². The summed E-state index contributed by atoms with van der Waals surface area (Å²) in [5, 5.41) is 10.7. The number of carboxylic acid groups (broad SMARTS) is 1. The maximum absolute atomic E-state index is 12.6. The number of aromatic nitrogens is 1. The number of fused-ring (bicyclic) bond motifs is 1. The minimum atomic E-state index is -0.996. The number of hydrogen-bond acceptors (Lipinski definition) is 2. The van der Waals surface area contributed by atoms with Gasteiger partial charge in [0, 0.05) is 40.1 Å². The number of carboxylic acids is 1. The molecule has 25 heavy (non-hydrogen) atoms. The summed E-state index contributed by atoms with van der Waals surface area (Å²) < 4.78 is 1.89. The van der Waals surface area contributed by atoms with Gasteiger partial charge in [0.25, 0.3) is 0 Å². The summed E-state index contributed by atoms with van der Waals surface area (Å²) in [5.41, 5.74) is 2.41. The van der Waals surface area contributed by atoms with E-state index < -0.39 is 5.97 Å². The number of halogens is 1. The van der Waals surface area contributed by atoms with Gasteiger partial charge in [0.2, 0.25) is 0 Å². The highest BCUT2D eigenvalue weighted by Crippen LogP contribution is 2.27. The van der Waals surface area contributed by atoms with Gasteiger partial charge in [-0.2, -0.15) is 0 Å². The third-order valence-corrected chi connectivity index (χ3v) is 4.59. The van der Waals surface area contributed by atoms with E-state index in [-0.39, 0.29) is 17.3 Å². The zero-order chi connectivity index (χ0) is 18.1. The second-order valence-corrected chi connectivity index (χ2v) is 6.73. The Kier molecular flexibility index (Phi) is 4.64. The van der Waals surface area contributed by atoms with Gasteiger partial charge >= 0.3 is 5.97 Å². The molecule has 128 valence electrons. The molecule has 4 nitrogen and oxygen atoms in total. The molecule has 1 aromatic heterocycles. The zero-order valence-corrected chi connectivity index (χ0v) is 14.7. The first kappa shape index (κ1) is 17.2. The summed E-state index contributed by atoms with van der Waals surface area (Å²) in [6, 6.07) is 12.3. The van der Waals surface area contributed by atoms with Crippen molar-refractivity contribution in [2.45, 2.75) is 20.4 Å². The highest BCUT2D eigenvalue weighted by molar-refractivity contribution is 6.31. The fourth-order valence-electron chi connectivity index (χ4n) is 2.87. The third kappa shape index (κ3) is 3.30. The van der Waals surface area contributed by atoms with Crippen LogP contribution in [0.5, 0.6) is 0 Å². The highest BCUT2D eigenvalue weighted by Gasteiger charge is 2.19. The lowest BCUT2D eigenvalue weighted by Gasteiger charge is -2.08. The number of Topliss-reactive ketones (excluding diaryl/α,β-unsaturated/α-hetero) is 1. The zero-order valence-electron chi connectivity index (χ0n) is 14.0. The molecule has 0 spiro atoms. The molecule has 1 heterocycles. The third-order valence-electron chi connectivity index (χ3n) is 4.22. The van der Waals surface area contributed by atoms with Crippen LogP contribution in [0.4, 0.5) is 0 Å². The molecule has 1 N–H and O–H groups in total. The number of carbonyl (C=O) groups is 2. The number of carbonyl (C=O) groups excluding carboxylic acids is 1. The van der Waals surface area contributed by atoms with Crippen LogP contribution < -0.4 is 0 Å². The van der Waals surface area contributed by atoms with E-state index in [9.17, 15) is 14.7 Å². The number of rotatable bonds is 5. The van der Waals surface area contributed by atoms with Gasteiger partial charge in [-0.15, -0.1) is 0 Å². The van der Waals surface area contributed by atoms with Crippen LogP contribution in [0.25, 0.3) is 10.9 Å². The van der Waals surface area contributed by atoms with Gasteiger partial charge in [-0.1, -0.05) is 49.7 Å². The molecule has 5 heteroatoms. The standard InChI is InChI=1S/C20H18ClNO3/c1-12(2)19(23)16-11-22(10-14-5-3-4-6-17(14)21)18-9-13(20(24)25)7-8-15(16)18/h3-9,11-12H,10H2,1-2H3,(H,24,25). The number of aromatic carboxylic acids is 1. The molecule has 0 amide bonds. The molecule has 0 aliphatic rings. The van der Waals surface area contributed by atoms with Crippen LogP contribution in [0.3, 0.4) is 0 Å². The van der Waals surface area contributed by atoms with Gasteiger partial charge in [0.05, 0.1) is 5.56 Å². The van der Waals surface area contributed by atoms with E-state index in [1.807, 2.05) is 42.7 Å². The predicted molar refractivity (Wildman–Crippen MR) is 98.6 cm³/mol. The van der Waals surface area contributed by atoms with E-state index in [1.54, 1.807) is 18.3 Å². The molecule has 0 radical (unpaired) electrons. The van der Waals surface area contributed by atoms with Gasteiger partial charge in [-0.3, -0.25) is 4.79 Å². The molecular weight excluding hydrogens is 338 g/mol. The maximum Gasteiger partial charge on any atom is 0.335 e. The average Bonchev–Trinajstić information content (AvgIpc) is 2.94. The molecule has 0 saturated carbocycles. The molecule has 0 atom stereocenters. The van der Waals surface area contributed by atoms with Gasteiger partial charge in [-0.05, 0) is 23.8 Å². The fourth-order valence-corrected chi connectivity index (χ4v) is 3.07. The molecule has 0 saturated heterocycles. The number of ketones is 1. The Morgan fingerprint density at radius 3 is 2.52 bits per heavy atom. The first-order chi connectivity index (χ1) is 11.9. The van der Waals surface area contributed by atoms with Gasteiger partial charge in [0.15, 0.2) is 5.78 Å². The smallest absolute Gasteiger partial charge is 0.335 e. The van der Waals surface area contributed by atoms with E-state index in [1.165, 1.54) is 6.07 Å². The summed E-state index contributed by atoms with van der Waals surface area (Å²) >= 11 is 6.25. The van der Waals surface area contributed by atoms with Crippen LogP contribution in [0, 0.1) is 5.92 Å². The van der Waals surface area contributed by atoms with Crippen LogP contribution in [-0.2, 0) is 6.54 Å². The van der Waals surface area contributed by atoms with E-state index in [2.05, 4.69) is 0 Å². The number of hydrogen-bond donors (Lipinski definition) is 1. The second kappa shape index (κ2) is 6.73. The van der Waals surface area contributed by atoms with Crippen LogP contribution in [0.15, 0.2) is 48.7 Å². The lowest BCUT2D eigenvalue weighted by molar-refractivity contribution is 0.0696. The molecule has 3 aromatic rings. The van der Waals surface area contributed by atoms with Gasteiger partial charge < -0.3 is 9.67 Å². The van der Waals surface area contributed by atoms with Crippen molar-refractivity contribution in [3.8, 4) is 0 Å². The normalized spacial score (nSPS) is 11.2. The van der Waals surface area contributed by atoms with Crippen molar-refractivity contribution >= 4 is 34.3 Å². The Hall–Kier alpha value is -2.59. The highest BCUT2D eigenvalue weighted by atomic mass is 35.5. The molecule has 0 unspecified atom stereocenters. The first-order valence-electron chi connectivity index (χ1n) is 8.02. The molecule has 3 rings (SSSR count). The lowest BCUT2D eigenvalue weighted by Crippen LogP contribution is -2.07. The number of benzene rings is 2. The first-order valence-corrected chi connectivity index (χ1v) is 8.40. The van der Waals surface area contributed by atoms with Gasteiger partial charge in [0.1, 0.15) is 0 Å². The average molecular weight is 356 g/mol. The summed E-state index contributed by atoms with van der Waals surface area (Å²) in [5.74, 6) is -1.10. The topological polar surface area (TPSA) is 59.3 Å². The molecule has 0 fully saturated rings. The van der Waals surface area contributed by atoms with Crippen molar-refractivity contribution in [3.63, 3.8) is 0 Å². The van der Waals surface area contributed by atoms with E-state index in [0.717, 1.165) is 10.9 Å². The van der Waals surface area contributed by atoms with Crippen molar-refractivity contribution in [1.82, 2.24) is 4.57 Å². The SMILES string of the molecule is CC(C)C(=O)c1cn(Cc2ccccc2Cl)c2cc(C(=O)O)ccc12. The van der Waals surface area contributed by atoms with Crippen LogP contribution in [0.2, 0.25) is 5.02 Å². The summed E-state index contributed by atoms with van der Waals surface area (Å²) in [4.78, 5) is 23.9. The Labute approximate surface area is 150 Å². The van der Waals surface area contributed by atoms with Crippen LogP contribution >= 0.6 is 11.6 Å². The quantitative estimate of drug-likeness (QED) is 0.663. The molecule has 0 aliphatic heterocycles. The monoisotopic (exact) mass is 355 g/mol. The second-order valence-electron chi connectivity index (χ2n) is 6.32. The minimum Gasteiger partial charge on any atom is -0.478 e. The fraction of sp³-hybridized carbons (Fsp3) is 0.200.